The zero-order valence-corrected chi connectivity index (χ0v) is 9.21. The number of benzene rings is 1. The van der Waals surface area contributed by atoms with Crippen LogP contribution in [-0.4, -0.2) is 0 Å². The van der Waals surface area contributed by atoms with Crippen LogP contribution in [0.4, 0.5) is 4.39 Å². The molecule has 2 aromatic rings. The fourth-order valence-corrected chi connectivity index (χ4v) is 1.89. The van der Waals surface area contributed by atoms with Gasteiger partial charge in [0.2, 0.25) is 0 Å². The number of rotatable bonds is 1. The Morgan fingerprint density at radius 2 is 2.29 bits per heavy atom. The quantitative estimate of drug-likeness (QED) is 0.758. The second-order valence-corrected chi connectivity index (χ2v) is 3.90. The van der Waals surface area contributed by atoms with Crippen molar-refractivity contribution in [1.82, 2.24) is 0 Å². The number of fused-ring (bicyclic) bond motifs is 1. The van der Waals surface area contributed by atoms with Crippen LogP contribution in [0.3, 0.4) is 0 Å². The Hall–Kier alpha value is -1.09. The largest absolute Gasteiger partial charge is 0.447 e. The van der Waals surface area contributed by atoms with Crippen LogP contribution in [0.25, 0.3) is 11.0 Å². The summed E-state index contributed by atoms with van der Waals surface area (Å²) in [7, 11) is 0. The molecule has 0 spiro atoms. The lowest BCUT2D eigenvalue weighted by Gasteiger charge is -1.96. The molecular formula is C10H5FINO. The molecule has 0 N–H and O–H groups in total. The van der Waals surface area contributed by atoms with Crippen LogP contribution in [0.1, 0.15) is 5.56 Å². The monoisotopic (exact) mass is 301 g/mol. The van der Waals surface area contributed by atoms with E-state index in [0.29, 0.717) is 9.15 Å². The first-order valence-electron chi connectivity index (χ1n) is 3.95. The van der Waals surface area contributed by atoms with Gasteiger partial charge in [-0.2, -0.15) is 5.26 Å². The molecule has 0 aliphatic rings. The highest BCUT2D eigenvalue weighted by Crippen LogP contribution is 2.26. The fraction of sp³-hybridized carbons (Fsp3) is 0.100. The lowest BCUT2D eigenvalue weighted by molar-refractivity contribution is 0.541. The third-order valence-electron chi connectivity index (χ3n) is 1.97. The smallest absolute Gasteiger partial charge is 0.171 e. The fourth-order valence-electron chi connectivity index (χ4n) is 1.36. The molecule has 0 atom stereocenters. The summed E-state index contributed by atoms with van der Waals surface area (Å²) in [4.78, 5) is 0. The second kappa shape index (κ2) is 3.58. The van der Waals surface area contributed by atoms with Crippen molar-refractivity contribution in [2.75, 3.05) is 0 Å². The van der Waals surface area contributed by atoms with Gasteiger partial charge in [0, 0.05) is 5.39 Å². The predicted molar refractivity (Wildman–Crippen MR) is 58.2 cm³/mol. The number of hydrogen-bond acceptors (Lipinski definition) is 2. The number of nitriles is 1. The van der Waals surface area contributed by atoms with Gasteiger partial charge in [0.1, 0.15) is 0 Å². The van der Waals surface area contributed by atoms with Crippen LogP contribution < -0.4 is 0 Å². The minimum Gasteiger partial charge on any atom is -0.447 e. The summed E-state index contributed by atoms with van der Waals surface area (Å²) in [5.74, 6) is -0.385. The van der Waals surface area contributed by atoms with Crippen molar-refractivity contribution in [2.24, 2.45) is 0 Å². The first kappa shape index (κ1) is 9.46. The molecule has 0 aliphatic carbocycles. The van der Waals surface area contributed by atoms with E-state index in [4.69, 9.17) is 9.68 Å². The zero-order valence-electron chi connectivity index (χ0n) is 7.05. The molecular weight excluding hydrogens is 296 g/mol. The maximum Gasteiger partial charge on any atom is 0.171 e. The summed E-state index contributed by atoms with van der Waals surface area (Å²) >= 11 is 1.98. The van der Waals surface area contributed by atoms with E-state index in [0.717, 1.165) is 5.56 Å². The Morgan fingerprint density at radius 1 is 1.50 bits per heavy atom. The molecule has 4 heteroatoms. The van der Waals surface area contributed by atoms with Crippen molar-refractivity contribution in [1.29, 1.82) is 5.26 Å². The minimum atomic E-state index is -0.385. The van der Waals surface area contributed by atoms with Crippen LogP contribution in [0, 0.1) is 20.9 Å². The van der Waals surface area contributed by atoms with Crippen molar-refractivity contribution < 1.29 is 8.81 Å². The van der Waals surface area contributed by atoms with E-state index in [1.54, 1.807) is 12.1 Å². The predicted octanol–water partition coefficient (Wildman–Crippen LogP) is 3.24. The van der Waals surface area contributed by atoms with E-state index in [9.17, 15) is 4.39 Å². The second-order valence-electron chi connectivity index (χ2n) is 2.83. The molecule has 0 fully saturated rings. The topological polar surface area (TPSA) is 36.9 Å². The minimum absolute atomic E-state index is 0.238. The standard InChI is InChI=1S/C10H5FINO/c11-8-2-1-6(3-4-13)7-5-9(12)14-10(7)8/h1-2,5H,3H2. The highest BCUT2D eigenvalue weighted by molar-refractivity contribution is 14.1. The van der Waals surface area contributed by atoms with Crippen LogP contribution in [-0.2, 0) is 6.42 Å². The van der Waals surface area contributed by atoms with Gasteiger partial charge in [-0.25, -0.2) is 4.39 Å². The van der Waals surface area contributed by atoms with Crippen molar-refractivity contribution in [3.63, 3.8) is 0 Å². The van der Waals surface area contributed by atoms with Gasteiger partial charge >= 0.3 is 0 Å². The molecule has 1 aromatic heterocycles. The van der Waals surface area contributed by atoms with E-state index >= 15 is 0 Å². The average molecular weight is 301 g/mol. The Kier molecular flexibility index (Phi) is 2.42. The molecule has 1 aromatic carbocycles. The highest BCUT2D eigenvalue weighted by atomic mass is 127. The molecule has 0 radical (unpaired) electrons. The van der Waals surface area contributed by atoms with Gasteiger partial charge in [-0.3, -0.25) is 0 Å². The number of hydrogen-bond donors (Lipinski definition) is 0. The van der Waals surface area contributed by atoms with Crippen LogP contribution >= 0.6 is 22.6 Å². The van der Waals surface area contributed by atoms with Gasteiger partial charge in [0.05, 0.1) is 12.5 Å². The molecule has 14 heavy (non-hydrogen) atoms. The Morgan fingerprint density at radius 3 is 3.00 bits per heavy atom. The lowest BCUT2D eigenvalue weighted by Crippen LogP contribution is -1.84. The van der Waals surface area contributed by atoms with Gasteiger partial charge < -0.3 is 4.42 Å². The summed E-state index contributed by atoms with van der Waals surface area (Å²) in [6.45, 7) is 0. The van der Waals surface area contributed by atoms with Crippen LogP contribution in [0.15, 0.2) is 22.6 Å². The maximum absolute atomic E-state index is 13.2. The third kappa shape index (κ3) is 1.48. The first-order chi connectivity index (χ1) is 6.72. The van der Waals surface area contributed by atoms with E-state index in [1.807, 2.05) is 28.7 Å². The first-order valence-corrected chi connectivity index (χ1v) is 5.03. The summed E-state index contributed by atoms with van der Waals surface area (Å²) in [6.07, 6.45) is 0.270. The molecule has 0 aliphatic heterocycles. The number of halogens is 2. The summed E-state index contributed by atoms with van der Waals surface area (Å²) < 4.78 is 19.1. The average Bonchev–Trinajstić information content (AvgIpc) is 2.53. The van der Waals surface area contributed by atoms with Gasteiger partial charge in [-0.05, 0) is 40.3 Å². The SMILES string of the molecule is N#CCc1ccc(F)c2oc(I)cc12. The molecule has 70 valence electrons. The van der Waals surface area contributed by atoms with Gasteiger partial charge in [0.25, 0.3) is 0 Å². The lowest BCUT2D eigenvalue weighted by atomic mass is 10.1. The van der Waals surface area contributed by atoms with Gasteiger partial charge in [-0.1, -0.05) is 6.07 Å². The van der Waals surface area contributed by atoms with E-state index in [-0.39, 0.29) is 17.8 Å². The third-order valence-corrected chi connectivity index (χ3v) is 2.50. The number of furan rings is 1. The van der Waals surface area contributed by atoms with Crippen LogP contribution in [0.5, 0.6) is 0 Å². The van der Waals surface area contributed by atoms with E-state index in [1.165, 1.54) is 6.07 Å². The molecule has 1 heterocycles. The molecule has 2 nitrogen and oxygen atoms in total. The Bertz CT molecular complexity index is 527. The van der Waals surface area contributed by atoms with E-state index < -0.39 is 0 Å². The summed E-state index contributed by atoms with van der Waals surface area (Å²) in [5, 5.41) is 9.27. The van der Waals surface area contributed by atoms with Crippen molar-refractivity contribution in [2.45, 2.75) is 6.42 Å². The Balaban J connectivity index is 2.75. The molecule has 0 bridgehead atoms. The molecule has 0 unspecified atom stereocenters. The maximum atomic E-state index is 13.2. The Labute approximate surface area is 93.5 Å². The van der Waals surface area contributed by atoms with Crippen LogP contribution in [0.2, 0.25) is 0 Å². The molecule has 0 saturated carbocycles. The molecule has 0 saturated heterocycles. The number of nitrogens with zero attached hydrogens (tertiary/aromatic N) is 1. The van der Waals surface area contributed by atoms with Crippen molar-refractivity contribution in [3.05, 3.63) is 33.3 Å². The zero-order chi connectivity index (χ0) is 10.1. The summed E-state index contributed by atoms with van der Waals surface area (Å²) in [5.41, 5.74) is 1.04. The van der Waals surface area contributed by atoms with Crippen molar-refractivity contribution >= 4 is 33.6 Å². The highest BCUT2D eigenvalue weighted by Gasteiger charge is 2.10. The normalized spacial score (nSPS) is 10.4. The van der Waals surface area contributed by atoms with Crippen molar-refractivity contribution in [3.8, 4) is 6.07 Å². The molecule has 2 rings (SSSR count). The van der Waals surface area contributed by atoms with Gasteiger partial charge in [0.15, 0.2) is 15.2 Å². The van der Waals surface area contributed by atoms with E-state index in [2.05, 4.69) is 0 Å². The molecule has 0 amide bonds. The van der Waals surface area contributed by atoms with Gasteiger partial charge in [-0.15, -0.1) is 0 Å². The summed E-state index contributed by atoms with van der Waals surface area (Å²) in [6, 6.07) is 6.73.